The molecular formula is C17H17N3OS. The summed E-state index contributed by atoms with van der Waals surface area (Å²) in [7, 11) is 0. The highest BCUT2D eigenvalue weighted by Crippen LogP contribution is 2.14. The molecule has 0 saturated heterocycles. The van der Waals surface area contributed by atoms with Crippen LogP contribution < -0.4 is 10.4 Å². The van der Waals surface area contributed by atoms with Crippen molar-refractivity contribution in [2.24, 2.45) is 4.99 Å². The van der Waals surface area contributed by atoms with E-state index in [1.54, 1.807) is 16.8 Å². The van der Waals surface area contributed by atoms with Crippen LogP contribution in [0.4, 0.5) is 5.69 Å². The number of aryl methyl sites for hydroxylation is 1. The second-order valence-electron chi connectivity index (χ2n) is 4.92. The maximum atomic E-state index is 12.5. The first-order chi connectivity index (χ1) is 10.7. The zero-order valence-corrected chi connectivity index (χ0v) is 13.4. The molecule has 0 fully saturated rings. The van der Waals surface area contributed by atoms with Crippen LogP contribution in [-0.2, 0) is 13.0 Å². The van der Waals surface area contributed by atoms with E-state index < -0.39 is 0 Å². The molecule has 0 aliphatic rings. The van der Waals surface area contributed by atoms with Crippen molar-refractivity contribution in [1.29, 1.82) is 0 Å². The number of benzene rings is 1. The lowest BCUT2D eigenvalue weighted by Crippen LogP contribution is -2.31. The van der Waals surface area contributed by atoms with Crippen molar-refractivity contribution < 1.29 is 0 Å². The molecule has 2 heterocycles. The van der Waals surface area contributed by atoms with Crippen LogP contribution >= 0.6 is 11.3 Å². The van der Waals surface area contributed by atoms with Crippen LogP contribution in [0, 0.1) is 0 Å². The van der Waals surface area contributed by atoms with E-state index >= 15 is 0 Å². The molecule has 0 unspecified atom stereocenters. The third-order valence-corrected chi connectivity index (χ3v) is 4.56. The van der Waals surface area contributed by atoms with Gasteiger partial charge in [-0.15, -0.1) is 0 Å². The molecule has 1 aromatic carbocycles. The molecule has 0 spiro atoms. The van der Waals surface area contributed by atoms with Crippen LogP contribution in [0.3, 0.4) is 0 Å². The van der Waals surface area contributed by atoms with Crippen LogP contribution in [0.2, 0.25) is 0 Å². The van der Waals surface area contributed by atoms with Crippen molar-refractivity contribution in [2.75, 3.05) is 0 Å². The van der Waals surface area contributed by atoms with Gasteiger partial charge in [0.15, 0.2) is 4.80 Å². The Morgan fingerprint density at radius 2 is 1.95 bits per heavy atom. The van der Waals surface area contributed by atoms with Gasteiger partial charge in [-0.2, -0.15) is 0 Å². The summed E-state index contributed by atoms with van der Waals surface area (Å²) >= 11 is 1.44. The van der Waals surface area contributed by atoms with Gasteiger partial charge in [-0.05, 0) is 43.2 Å². The molecule has 0 aliphatic carbocycles. The molecule has 0 N–H and O–H groups in total. The predicted molar refractivity (Wildman–Crippen MR) is 90.6 cm³/mol. The van der Waals surface area contributed by atoms with E-state index in [1.807, 2.05) is 25.1 Å². The first kappa shape index (κ1) is 14.7. The molecule has 5 heteroatoms. The molecule has 22 heavy (non-hydrogen) atoms. The minimum absolute atomic E-state index is 0.0340. The monoisotopic (exact) mass is 311 g/mol. The molecule has 3 aromatic rings. The molecule has 0 amide bonds. The van der Waals surface area contributed by atoms with Crippen LogP contribution in [0.15, 0.2) is 52.4 Å². The summed E-state index contributed by atoms with van der Waals surface area (Å²) in [4.78, 5) is 22.9. The Morgan fingerprint density at radius 3 is 2.64 bits per heavy atom. The minimum atomic E-state index is -0.0340. The van der Waals surface area contributed by atoms with Gasteiger partial charge in [0.1, 0.15) is 4.83 Å². The van der Waals surface area contributed by atoms with Gasteiger partial charge >= 0.3 is 0 Å². The Labute approximate surface area is 132 Å². The number of pyridine rings is 1. The topological polar surface area (TPSA) is 47.2 Å². The Morgan fingerprint density at radius 1 is 1.18 bits per heavy atom. The summed E-state index contributed by atoms with van der Waals surface area (Å²) < 4.78 is 1.70. The van der Waals surface area contributed by atoms with E-state index in [1.165, 1.54) is 16.9 Å². The first-order valence-corrected chi connectivity index (χ1v) is 8.17. The Balaban J connectivity index is 2.24. The second-order valence-corrected chi connectivity index (χ2v) is 5.88. The average molecular weight is 311 g/mol. The number of rotatable bonds is 3. The lowest BCUT2D eigenvalue weighted by atomic mass is 10.2. The number of aromatic nitrogens is 2. The van der Waals surface area contributed by atoms with Gasteiger partial charge < -0.3 is 0 Å². The zero-order chi connectivity index (χ0) is 15.5. The lowest BCUT2D eigenvalue weighted by Gasteiger charge is -2.04. The summed E-state index contributed by atoms with van der Waals surface area (Å²) in [6, 6.07) is 11.7. The summed E-state index contributed by atoms with van der Waals surface area (Å²) in [6.07, 6.45) is 2.71. The van der Waals surface area contributed by atoms with Gasteiger partial charge in [0.05, 0.1) is 11.1 Å². The van der Waals surface area contributed by atoms with Gasteiger partial charge in [0.25, 0.3) is 5.56 Å². The van der Waals surface area contributed by atoms with Crippen LogP contribution in [-0.4, -0.2) is 9.55 Å². The van der Waals surface area contributed by atoms with Crippen molar-refractivity contribution in [2.45, 2.75) is 26.8 Å². The minimum Gasteiger partial charge on any atom is -0.284 e. The average Bonchev–Trinajstić information content (AvgIpc) is 2.56. The largest absolute Gasteiger partial charge is 0.284 e. The summed E-state index contributed by atoms with van der Waals surface area (Å²) in [5.41, 5.74) is 2.09. The number of hydrogen-bond acceptors (Lipinski definition) is 4. The maximum Gasteiger partial charge on any atom is 0.263 e. The number of nitrogens with zero attached hydrogens (tertiary/aromatic N) is 3. The fourth-order valence-electron chi connectivity index (χ4n) is 2.29. The third-order valence-electron chi connectivity index (χ3n) is 3.55. The van der Waals surface area contributed by atoms with Crippen LogP contribution in [0.1, 0.15) is 19.4 Å². The maximum absolute atomic E-state index is 12.5. The number of fused-ring (bicyclic) bond motifs is 1. The third kappa shape index (κ3) is 2.72. The van der Waals surface area contributed by atoms with E-state index in [0.29, 0.717) is 16.7 Å². The summed E-state index contributed by atoms with van der Waals surface area (Å²) in [6.45, 7) is 4.67. The first-order valence-electron chi connectivity index (χ1n) is 7.35. The van der Waals surface area contributed by atoms with Crippen LogP contribution in [0.25, 0.3) is 10.2 Å². The molecule has 3 rings (SSSR count). The fourth-order valence-corrected chi connectivity index (χ4v) is 3.31. The predicted octanol–water partition coefficient (Wildman–Crippen LogP) is 3.27. The van der Waals surface area contributed by atoms with Crippen molar-refractivity contribution >= 4 is 27.2 Å². The molecule has 112 valence electrons. The molecule has 4 nitrogen and oxygen atoms in total. The molecule has 0 aliphatic heterocycles. The summed E-state index contributed by atoms with van der Waals surface area (Å²) in [5.74, 6) is 0. The molecule has 0 atom stereocenters. The molecule has 0 bridgehead atoms. The smallest absolute Gasteiger partial charge is 0.263 e. The fraction of sp³-hybridized carbons (Fsp3) is 0.235. The van der Waals surface area contributed by atoms with Crippen LogP contribution in [0.5, 0.6) is 0 Å². The van der Waals surface area contributed by atoms with Gasteiger partial charge in [-0.25, -0.2) is 9.98 Å². The second kappa shape index (κ2) is 6.23. The van der Waals surface area contributed by atoms with E-state index in [0.717, 1.165) is 16.9 Å². The quantitative estimate of drug-likeness (QED) is 0.745. The van der Waals surface area contributed by atoms with Gasteiger partial charge in [0.2, 0.25) is 0 Å². The van der Waals surface area contributed by atoms with Gasteiger partial charge in [-0.1, -0.05) is 30.4 Å². The van der Waals surface area contributed by atoms with Crippen molar-refractivity contribution in [1.82, 2.24) is 9.55 Å². The standard InChI is InChI=1S/C17H17N3OS/c1-3-12-7-9-13(10-8-12)19-17-20(4-2)16(21)14-6-5-11-18-15(14)22-17/h5-11H,3-4H2,1-2H3/b19-17-. The van der Waals surface area contributed by atoms with E-state index in [2.05, 4.69) is 29.0 Å². The van der Waals surface area contributed by atoms with Gasteiger partial charge in [-0.3, -0.25) is 9.36 Å². The molecule has 2 aromatic heterocycles. The summed E-state index contributed by atoms with van der Waals surface area (Å²) in [5, 5.41) is 0.648. The number of hydrogen-bond donors (Lipinski definition) is 0. The van der Waals surface area contributed by atoms with Gasteiger partial charge in [0, 0.05) is 12.7 Å². The highest BCUT2D eigenvalue weighted by molar-refractivity contribution is 7.15. The highest BCUT2D eigenvalue weighted by Gasteiger charge is 2.06. The van der Waals surface area contributed by atoms with E-state index in [-0.39, 0.29) is 5.56 Å². The van der Waals surface area contributed by atoms with Crippen molar-refractivity contribution in [3.8, 4) is 0 Å². The van der Waals surface area contributed by atoms with E-state index in [4.69, 9.17) is 0 Å². The normalized spacial score (nSPS) is 12.0. The Hall–Kier alpha value is -2.27. The molecular weight excluding hydrogens is 294 g/mol. The van der Waals surface area contributed by atoms with Crippen molar-refractivity contribution in [3.05, 3.63) is 63.3 Å². The lowest BCUT2D eigenvalue weighted by molar-refractivity contribution is 0.708. The van der Waals surface area contributed by atoms with E-state index in [9.17, 15) is 4.79 Å². The molecule has 0 radical (unpaired) electrons. The SMILES string of the molecule is CCc1ccc(/N=c2\sc3ncccc3c(=O)n2CC)cc1. The van der Waals surface area contributed by atoms with Crippen molar-refractivity contribution in [3.63, 3.8) is 0 Å². The molecule has 0 saturated carbocycles. The Kier molecular flexibility index (Phi) is 4.15. The zero-order valence-electron chi connectivity index (χ0n) is 12.6. The highest BCUT2D eigenvalue weighted by atomic mass is 32.1. The Bertz CT molecular complexity index is 923.